The van der Waals surface area contributed by atoms with E-state index in [4.69, 9.17) is 0 Å². The van der Waals surface area contributed by atoms with Gasteiger partial charge < -0.3 is 10.4 Å². The Morgan fingerprint density at radius 1 is 1.10 bits per heavy atom. The summed E-state index contributed by atoms with van der Waals surface area (Å²) in [6, 6.07) is 11.1. The largest absolute Gasteiger partial charge is 0.508 e. The van der Waals surface area contributed by atoms with Crippen LogP contribution in [-0.2, 0) is 6.54 Å². The predicted molar refractivity (Wildman–Crippen MR) is 81.5 cm³/mol. The first-order valence-electron chi connectivity index (χ1n) is 6.70. The number of imidazole rings is 1. The van der Waals surface area contributed by atoms with Crippen LogP contribution in [0.5, 0.6) is 5.75 Å². The van der Waals surface area contributed by atoms with E-state index in [1.54, 1.807) is 24.5 Å². The Labute approximate surface area is 122 Å². The number of rotatable bonds is 4. The molecule has 3 aromatic rings. The summed E-state index contributed by atoms with van der Waals surface area (Å²) in [7, 11) is 0. The molecule has 0 spiro atoms. The molecule has 0 aliphatic heterocycles. The van der Waals surface area contributed by atoms with Crippen molar-refractivity contribution in [3.05, 3.63) is 66.4 Å². The van der Waals surface area contributed by atoms with Gasteiger partial charge in [0.05, 0.1) is 11.9 Å². The van der Waals surface area contributed by atoms with Crippen LogP contribution in [0.3, 0.4) is 0 Å². The van der Waals surface area contributed by atoms with Crippen molar-refractivity contribution in [2.45, 2.75) is 13.5 Å². The minimum Gasteiger partial charge on any atom is -0.508 e. The van der Waals surface area contributed by atoms with Crippen LogP contribution >= 0.6 is 0 Å². The molecule has 0 radical (unpaired) electrons. The van der Waals surface area contributed by atoms with Crippen LogP contribution in [0.15, 0.2) is 55.0 Å². The summed E-state index contributed by atoms with van der Waals surface area (Å²) in [5.41, 5.74) is 2.05. The van der Waals surface area contributed by atoms with Gasteiger partial charge in [-0.05, 0) is 36.8 Å². The van der Waals surface area contributed by atoms with E-state index in [2.05, 4.69) is 15.3 Å². The van der Waals surface area contributed by atoms with Crippen LogP contribution in [0, 0.1) is 6.92 Å². The molecular formula is C16H16N4O. The zero-order chi connectivity index (χ0) is 14.7. The quantitative estimate of drug-likeness (QED) is 0.771. The number of pyridine rings is 1. The molecule has 2 heterocycles. The Morgan fingerprint density at radius 3 is 2.52 bits per heavy atom. The zero-order valence-corrected chi connectivity index (χ0v) is 11.7. The molecular weight excluding hydrogens is 264 g/mol. The third-order valence-corrected chi connectivity index (χ3v) is 3.25. The number of phenols is 1. The molecule has 2 aromatic heterocycles. The summed E-state index contributed by atoms with van der Waals surface area (Å²) in [4.78, 5) is 8.61. The minimum atomic E-state index is 0.278. The molecule has 1 aromatic carbocycles. The number of benzene rings is 1. The summed E-state index contributed by atoms with van der Waals surface area (Å²) in [6.07, 6.45) is 5.45. The molecule has 5 heteroatoms. The molecule has 3 rings (SSSR count). The van der Waals surface area contributed by atoms with E-state index >= 15 is 0 Å². The van der Waals surface area contributed by atoms with Crippen molar-refractivity contribution in [2.24, 2.45) is 0 Å². The maximum atomic E-state index is 9.25. The second-order valence-corrected chi connectivity index (χ2v) is 4.77. The third kappa shape index (κ3) is 3.02. The van der Waals surface area contributed by atoms with Crippen LogP contribution in [0.25, 0.3) is 5.82 Å². The first-order chi connectivity index (χ1) is 10.2. The molecule has 0 aliphatic carbocycles. The summed E-state index contributed by atoms with van der Waals surface area (Å²) in [5.74, 6) is 2.04. The lowest BCUT2D eigenvalue weighted by Gasteiger charge is -2.08. The van der Waals surface area contributed by atoms with Crippen LogP contribution in [0.2, 0.25) is 0 Å². The van der Waals surface area contributed by atoms with Crippen molar-refractivity contribution in [2.75, 3.05) is 5.32 Å². The van der Waals surface area contributed by atoms with Gasteiger partial charge in [-0.3, -0.25) is 4.57 Å². The van der Waals surface area contributed by atoms with Gasteiger partial charge in [0.25, 0.3) is 0 Å². The molecule has 0 aliphatic rings. The molecule has 0 bridgehead atoms. The molecule has 0 saturated heterocycles. The molecule has 106 valence electrons. The molecule has 5 nitrogen and oxygen atoms in total. The normalized spacial score (nSPS) is 10.5. The maximum absolute atomic E-state index is 9.25. The number of hydrogen-bond acceptors (Lipinski definition) is 4. The summed E-state index contributed by atoms with van der Waals surface area (Å²) in [6.45, 7) is 2.63. The van der Waals surface area contributed by atoms with Crippen molar-refractivity contribution in [1.29, 1.82) is 0 Å². The van der Waals surface area contributed by atoms with Gasteiger partial charge in [0, 0.05) is 18.9 Å². The number of aromatic nitrogens is 3. The van der Waals surface area contributed by atoms with Gasteiger partial charge in [-0.1, -0.05) is 12.1 Å². The highest BCUT2D eigenvalue weighted by Crippen LogP contribution is 2.14. The van der Waals surface area contributed by atoms with Crippen LogP contribution in [-0.4, -0.2) is 19.6 Å². The van der Waals surface area contributed by atoms with Gasteiger partial charge >= 0.3 is 0 Å². The third-order valence-electron chi connectivity index (χ3n) is 3.25. The van der Waals surface area contributed by atoms with E-state index in [1.807, 2.05) is 42.0 Å². The monoisotopic (exact) mass is 280 g/mol. The van der Waals surface area contributed by atoms with Crippen molar-refractivity contribution in [1.82, 2.24) is 14.5 Å². The number of nitrogens with one attached hydrogen (secondary N) is 1. The smallest absolute Gasteiger partial charge is 0.138 e. The molecule has 21 heavy (non-hydrogen) atoms. The van der Waals surface area contributed by atoms with Crippen LogP contribution in [0.4, 0.5) is 5.69 Å². The molecule has 0 unspecified atom stereocenters. The average Bonchev–Trinajstić information content (AvgIpc) is 2.93. The fraction of sp³-hybridized carbons (Fsp3) is 0.125. The van der Waals surface area contributed by atoms with E-state index in [9.17, 15) is 5.11 Å². The van der Waals surface area contributed by atoms with Gasteiger partial charge in [-0.2, -0.15) is 0 Å². The van der Waals surface area contributed by atoms with Crippen LogP contribution < -0.4 is 5.32 Å². The molecule has 0 amide bonds. The van der Waals surface area contributed by atoms with Crippen LogP contribution in [0.1, 0.15) is 11.4 Å². The highest BCUT2D eigenvalue weighted by Gasteiger charge is 2.02. The highest BCUT2D eigenvalue weighted by atomic mass is 16.3. The molecule has 0 atom stereocenters. The van der Waals surface area contributed by atoms with Gasteiger partial charge in [-0.25, -0.2) is 9.97 Å². The van der Waals surface area contributed by atoms with Crippen molar-refractivity contribution in [3.8, 4) is 11.6 Å². The Kier molecular flexibility index (Phi) is 3.55. The number of aryl methyl sites for hydroxylation is 1. The van der Waals surface area contributed by atoms with Crippen molar-refractivity contribution < 1.29 is 5.11 Å². The van der Waals surface area contributed by atoms with Gasteiger partial charge in [0.2, 0.25) is 0 Å². The summed E-state index contributed by atoms with van der Waals surface area (Å²) in [5, 5.41) is 12.5. The lowest BCUT2D eigenvalue weighted by Crippen LogP contribution is -2.02. The van der Waals surface area contributed by atoms with E-state index in [0.29, 0.717) is 6.54 Å². The summed E-state index contributed by atoms with van der Waals surface area (Å²) >= 11 is 0. The first kappa shape index (κ1) is 13.2. The Balaban J connectivity index is 1.67. The minimum absolute atomic E-state index is 0.278. The Bertz CT molecular complexity index is 717. The first-order valence-corrected chi connectivity index (χ1v) is 6.70. The van der Waals surface area contributed by atoms with E-state index in [-0.39, 0.29) is 5.75 Å². The topological polar surface area (TPSA) is 63.0 Å². The number of aromatic hydroxyl groups is 1. The molecule has 0 saturated carbocycles. The fourth-order valence-corrected chi connectivity index (χ4v) is 2.07. The van der Waals surface area contributed by atoms with E-state index in [1.165, 1.54) is 0 Å². The SMILES string of the molecule is Cc1nccn1-c1ccc(NCc2ccc(O)cc2)cn1. The lowest BCUT2D eigenvalue weighted by molar-refractivity contribution is 0.475. The van der Waals surface area contributed by atoms with Crippen molar-refractivity contribution in [3.63, 3.8) is 0 Å². The maximum Gasteiger partial charge on any atom is 0.138 e. The summed E-state index contributed by atoms with van der Waals surface area (Å²) < 4.78 is 1.93. The molecule has 0 fully saturated rings. The van der Waals surface area contributed by atoms with Gasteiger partial charge in [0.15, 0.2) is 0 Å². The lowest BCUT2D eigenvalue weighted by atomic mass is 10.2. The Hall–Kier alpha value is -2.82. The number of anilines is 1. The molecule has 2 N–H and O–H groups in total. The predicted octanol–water partition coefficient (Wildman–Crippen LogP) is 2.89. The Morgan fingerprint density at radius 2 is 1.90 bits per heavy atom. The number of phenolic OH excluding ortho intramolecular Hbond substituents is 1. The highest BCUT2D eigenvalue weighted by molar-refractivity contribution is 5.44. The second-order valence-electron chi connectivity index (χ2n) is 4.77. The fourth-order valence-electron chi connectivity index (χ4n) is 2.07. The zero-order valence-electron chi connectivity index (χ0n) is 11.7. The average molecular weight is 280 g/mol. The van der Waals surface area contributed by atoms with Gasteiger partial charge in [-0.15, -0.1) is 0 Å². The second kappa shape index (κ2) is 5.66. The standard InChI is InChI=1S/C16H16N4O/c1-12-17-8-9-20(12)16-7-4-14(11-19-16)18-10-13-2-5-15(21)6-3-13/h2-9,11,18,21H,10H2,1H3. The number of hydrogen-bond donors (Lipinski definition) is 2. The van der Waals surface area contributed by atoms with E-state index in [0.717, 1.165) is 22.9 Å². The van der Waals surface area contributed by atoms with Crippen molar-refractivity contribution >= 4 is 5.69 Å². The van der Waals surface area contributed by atoms with E-state index < -0.39 is 0 Å². The number of nitrogens with zero attached hydrogens (tertiary/aromatic N) is 3. The van der Waals surface area contributed by atoms with Gasteiger partial charge in [0.1, 0.15) is 17.4 Å².